The average Bonchev–Trinajstić information content (AvgIpc) is 2.76. The zero-order valence-corrected chi connectivity index (χ0v) is 15.7. The maximum Gasteiger partial charge on any atom is 0.243 e. The normalized spacial score (nSPS) is 17.5. The van der Waals surface area contributed by atoms with Gasteiger partial charge in [-0.15, -0.1) is 0 Å². The highest BCUT2D eigenvalue weighted by atomic mass is 35.5. The van der Waals surface area contributed by atoms with Gasteiger partial charge in [-0.3, -0.25) is 9.69 Å². The van der Waals surface area contributed by atoms with Gasteiger partial charge < -0.3 is 5.32 Å². The van der Waals surface area contributed by atoms with Crippen molar-refractivity contribution >= 4 is 27.5 Å². The summed E-state index contributed by atoms with van der Waals surface area (Å²) in [4.78, 5) is 14.0. The smallest absolute Gasteiger partial charge is 0.243 e. The Morgan fingerprint density at radius 3 is 2.71 bits per heavy atom. The maximum absolute atomic E-state index is 12.9. The minimum atomic E-state index is -3.58. The Morgan fingerprint density at radius 2 is 2.00 bits per heavy atom. The SMILES string of the molecule is CCNC(=O)CN1CCCN(S(=O)(=O)c2cccc(Cl)c2C)CC1. The summed E-state index contributed by atoms with van der Waals surface area (Å²) in [5.74, 6) is -0.0282. The summed E-state index contributed by atoms with van der Waals surface area (Å²) in [5.41, 5.74) is 0.572. The zero-order chi connectivity index (χ0) is 17.7. The molecule has 0 spiro atoms. The van der Waals surface area contributed by atoms with Gasteiger partial charge in [0.15, 0.2) is 0 Å². The Labute approximate surface area is 148 Å². The first-order chi connectivity index (χ1) is 11.4. The first kappa shape index (κ1) is 19.2. The highest BCUT2D eigenvalue weighted by Crippen LogP contribution is 2.26. The molecule has 1 fully saturated rings. The Kier molecular flexibility index (Phi) is 6.62. The Bertz CT molecular complexity index is 694. The lowest BCUT2D eigenvalue weighted by molar-refractivity contribution is -0.122. The standard InChI is InChI=1S/C16H24ClN3O3S/c1-3-18-16(21)12-19-8-5-9-20(11-10-19)24(22,23)15-7-4-6-14(17)13(15)2/h4,6-7H,3,5,8-12H2,1-2H3,(H,18,21). The van der Waals surface area contributed by atoms with Crippen molar-refractivity contribution in [2.24, 2.45) is 0 Å². The first-order valence-electron chi connectivity index (χ1n) is 8.10. The molecule has 1 N–H and O–H groups in total. The molecule has 1 amide bonds. The van der Waals surface area contributed by atoms with Gasteiger partial charge in [-0.2, -0.15) is 4.31 Å². The largest absolute Gasteiger partial charge is 0.355 e. The number of hydrogen-bond donors (Lipinski definition) is 1. The summed E-state index contributed by atoms with van der Waals surface area (Å²) < 4.78 is 27.3. The molecular formula is C16H24ClN3O3S. The van der Waals surface area contributed by atoms with Gasteiger partial charge in [0.05, 0.1) is 11.4 Å². The number of carbonyl (C=O) groups is 1. The van der Waals surface area contributed by atoms with E-state index in [2.05, 4.69) is 5.32 Å². The van der Waals surface area contributed by atoms with Gasteiger partial charge in [0.25, 0.3) is 0 Å². The molecule has 1 saturated heterocycles. The number of sulfonamides is 1. The molecule has 1 aliphatic rings. The molecule has 8 heteroatoms. The number of rotatable bonds is 5. The quantitative estimate of drug-likeness (QED) is 0.848. The van der Waals surface area contributed by atoms with Crippen LogP contribution < -0.4 is 5.32 Å². The zero-order valence-electron chi connectivity index (χ0n) is 14.1. The highest BCUT2D eigenvalue weighted by Gasteiger charge is 2.28. The van der Waals surface area contributed by atoms with E-state index in [9.17, 15) is 13.2 Å². The fourth-order valence-electron chi connectivity index (χ4n) is 2.81. The summed E-state index contributed by atoms with van der Waals surface area (Å²) in [6, 6.07) is 4.93. The molecule has 24 heavy (non-hydrogen) atoms. The van der Waals surface area contributed by atoms with Gasteiger partial charge in [0.2, 0.25) is 15.9 Å². The molecule has 134 valence electrons. The van der Waals surface area contributed by atoms with Gasteiger partial charge in [-0.05, 0) is 44.5 Å². The predicted octanol–water partition coefficient (Wildman–Crippen LogP) is 1.48. The molecule has 0 unspecified atom stereocenters. The number of benzene rings is 1. The molecule has 1 heterocycles. The van der Waals surface area contributed by atoms with Crippen LogP contribution in [0.1, 0.15) is 18.9 Å². The van der Waals surface area contributed by atoms with Gasteiger partial charge in [-0.25, -0.2) is 8.42 Å². The van der Waals surface area contributed by atoms with E-state index in [4.69, 9.17) is 11.6 Å². The molecule has 0 atom stereocenters. The van der Waals surface area contributed by atoms with Crippen LogP contribution in [0.5, 0.6) is 0 Å². The lowest BCUT2D eigenvalue weighted by Gasteiger charge is -2.22. The van der Waals surface area contributed by atoms with E-state index in [0.29, 0.717) is 56.3 Å². The van der Waals surface area contributed by atoms with Crippen molar-refractivity contribution in [3.8, 4) is 0 Å². The van der Waals surface area contributed by atoms with E-state index >= 15 is 0 Å². The third-order valence-corrected chi connectivity index (χ3v) is 6.58. The molecule has 0 radical (unpaired) electrons. The minimum absolute atomic E-state index is 0.0282. The van der Waals surface area contributed by atoms with Crippen LogP contribution in [0.3, 0.4) is 0 Å². The van der Waals surface area contributed by atoms with Crippen LogP contribution in [0.2, 0.25) is 5.02 Å². The first-order valence-corrected chi connectivity index (χ1v) is 9.92. The molecular weight excluding hydrogens is 350 g/mol. The third-order valence-electron chi connectivity index (χ3n) is 4.12. The number of nitrogens with one attached hydrogen (secondary N) is 1. The molecule has 0 bridgehead atoms. The topological polar surface area (TPSA) is 69.7 Å². The number of nitrogens with zero attached hydrogens (tertiary/aromatic N) is 2. The third kappa shape index (κ3) is 4.47. The minimum Gasteiger partial charge on any atom is -0.355 e. The van der Waals surface area contributed by atoms with Crippen molar-refractivity contribution in [3.05, 3.63) is 28.8 Å². The van der Waals surface area contributed by atoms with Crippen molar-refractivity contribution < 1.29 is 13.2 Å². The molecule has 2 rings (SSSR count). The highest BCUT2D eigenvalue weighted by molar-refractivity contribution is 7.89. The fraction of sp³-hybridized carbons (Fsp3) is 0.562. The molecule has 1 aromatic carbocycles. The van der Waals surface area contributed by atoms with Crippen molar-refractivity contribution in [2.45, 2.75) is 25.2 Å². The predicted molar refractivity (Wildman–Crippen MR) is 94.7 cm³/mol. The number of hydrogen-bond acceptors (Lipinski definition) is 4. The van der Waals surface area contributed by atoms with E-state index in [1.165, 1.54) is 4.31 Å². The average molecular weight is 374 g/mol. The summed E-state index contributed by atoms with van der Waals surface area (Å²) in [5, 5.41) is 3.22. The van der Waals surface area contributed by atoms with Crippen LogP contribution in [-0.4, -0.2) is 62.8 Å². The number of likely N-dealkylation sites (N-methyl/N-ethyl adjacent to an activating group) is 1. The van der Waals surface area contributed by atoms with Crippen LogP contribution in [-0.2, 0) is 14.8 Å². The fourth-order valence-corrected chi connectivity index (χ4v) is 4.76. The second kappa shape index (κ2) is 8.29. The van der Waals surface area contributed by atoms with Crippen LogP contribution in [0.15, 0.2) is 23.1 Å². The van der Waals surface area contributed by atoms with Crippen LogP contribution in [0.4, 0.5) is 0 Å². The van der Waals surface area contributed by atoms with E-state index in [1.54, 1.807) is 25.1 Å². The summed E-state index contributed by atoms with van der Waals surface area (Å²) >= 11 is 6.07. The number of halogens is 1. The second-order valence-electron chi connectivity index (χ2n) is 5.85. The summed E-state index contributed by atoms with van der Waals surface area (Å²) in [6.45, 7) is 6.55. The molecule has 1 aliphatic heterocycles. The van der Waals surface area contributed by atoms with Gasteiger partial charge in [0, 0.05) is 31.2 Å². The summed E-state index contributed by atoms with van der Waals surface area (Å²) in [6.07, 6.45) is 0.693. The van der Waals surface area contributed by atoms with E-state index in [0.717, 1.165) is 0 Å². The lowest BCUT2D eigenvalue weighted by atomic mass is 10.2. The van der Waals surface area contributed by atoms with Crippen molar-refractivity contribution in [1.82, 2.24) is 14.5 Å². The molecule has 6 nitrogen and oxygen atoms in total. The van der Waals surface area contributed by atoms with Crippen LogP contribution >= 0.6 is 11.6 Å². The van der Waals surface area contributed by atoms with Crippen molar-refractivity contribution in [2.75, 3.05) is 39.3 Å². The number of amides is 1. The van der Waals surface area contributed by atoms with Gasteiger partial charge in [-0.1, -0.05) is 17.7 Å². The van der Waals surface area contributed by atoms with Gasteiger partial charge in [0.1, 0.15) is 0 Å². The molecule has 0 saturated carbocycles. The van der Waals surface area contributed by atoms with E-state index in [1.807, 2.05) is 11.8 Å². The number of carbonyl (C=O) groups excluding carboxylic acids is 1. The van der Waals surface area contributed by atoms with Crippen LogP contribution in [0, 0.1) is 6.92 Å². The Morgan fingerprint density at radius 1 is 1.25 bits per heavy atom. The van der Waals surface area contributed by atoms with E-state index in [-0.39, 0.29) is 10.8 Å². The van der Waals surface area contributed by atoms with Crippen LogP contribution in [0.25, 0.3) is 0 Å². The van der Waals surface area contributed by atoms with Crippen molar-refractivity contribution in [3.63, 3.8) is 0 Å². The summed E-state index contributed by atoms with van der Waals surface area (Å²) in [7, 11) is -3.58. The monoisotopic (exact) mass is 373 g/mol. The maximum atomic E-state index is 12.9. The Balaban J connectivity index is 2.10. The van der Waals surface area contributed by atoms with E-state index < -0.39 is 10.0 Å². The molecule has 0 aliphatic carbocycles. The molecule has 1 aromatic rings. The second-order valence-corrected chi connectivity index (χ2v) is 8.16. The van der Waals surface area contributed by atoms with Crippen molar-refractivity contribution in [1.29, 1.82) is 0 Å². The van der Waals surface area contributed by atoms with Gasteiger partial charge >= 0.3 is 0 Å². The Hall–Kier alpha value is -1.15. The lowest BCUT2D eigenvalue weighted by Crippen LogP contribution is -2.40. The molecule has 0 aromatic heterocycles.